The maximum absolute atomic E-state index is 4.22. The molecule has 98 valence electrons. The number of benzene rings is 2. The lowest BCUT2D eigenvalue weighted by Gasteiger charge is -2.11. The summed E-state index contributed by atoms with van der Waals surface area (Å²) in [6, 6.07) is 16.4. The van der Waals surface area contributed by atoms with Crippen LogP contribution in [0.1, 0.15) is 5.56 Å². The van der Waals surface area contributed by atoms with Crippen LogP contribution in [0.3, 0.4) is 0 Å². The van der Waals surface area contributed by atoms with Crippen molar-refractivity contribution < 1.29 is 0 Å². The SMILES string of the molecule is CN(C)c1ccc(CN=Nc2ccc(I)cc2)cc1. The molecule has 0 N–H and O–H groups in total. The van der Waals surface area contributed by atoms with Gasteiger partial charge in [-0.2, -0.15) is 10.2 Å². The Morgan fingerprint density at radius 3 is 2.16 bits per heavy atom. The average molecular weight is 365 g/mol. The normalized spacial score (nSPS) is 10.9. The van der Waals surface area contributed by atoms with Crippen LogP contribution in [-0.2, 0) is 6.54 Å². The first-order valence-corrected chi connectivity index (χ1v) is 7.12. The number of hydrogen-bond donors (Lipinski definition) is 0. The summed E-state index contributed by atoms with van der Waals surface area (Å²) in [5, 5.41) is 8.44. The van der Waals surface area contributed by atoms with E-state index in [1.807, 2.05) is 38.4 Å². The van der Waals surface area contributed by atoms with E-state index in [0.29, 0.717) is 6.54 Å². The highest BCUT2D eigenvalue weighted by molar-refractivity contribution is 14.1. The van der Waals surface area contributed by atoms with Crippen molar-refractivity contribution in [1.29, 1.82) is 0 Å². The number of nitrogens with zero attached hydrogens (tertiary/aromatic N) is 3. The molecule has 0 spiro atoms. The number of rotatable bonds is 4. The molecular weight excluding hydrogens is 349 g/mol. The highest BCUT2D eigenvalue weighted by atomic mass is 127. The first kappa shape index (κ1) is 14.0. The molecule has 4 heteroatoms. The van der Waals surface area contributed by atoms with Gasteiger partial charge in [0.1, 0.15) is 0 Å². The molecule has 2 rings (SSSR count). The minimum Gasteiger partial charge on any atom is -0.378 e. The standard InChI is InChI=1S/C15H16IN3/c1-19(2)15-9-3-12(4-10-15)11-17-18-14-7-5-13(16)6-8-14/h3-10H,11H2,1-2H3. The Morgan fingerprint density at radius 2 is 1.58 bits per heavy atom. The van der Waals surface area contributed by atoms with Gasteiger partial charge < -0.3 is 4.90 Å². The van der Waals surface area contributed by atoms with Crippen LogP contribution in [0, 0.1) is 3.57 Å². The van der Waals surface area contributed by atoms with Gasteiger partial charge in [-0.3, -0.25) is 0 Å². The highest BCUT2D eigenvalue weighted by Gasteiger charge is 1.95. The predicted molar refractivity (Wildman–Crippen MR) is 88.1 cm³/mol. The van der Waals surface area contributed by atoms with E-state index in [9.17, 15) is 0 Å². The molecular formula is C15H16IN3. The molecule has 0 atom stereocenters. The second-order valence-electron chi connectivity index (χ2n) is 4.44. The summed E-state index contributed by atoms with van der Waals surface area (Å²) in [6.45, 7) is 0.611. The fraction of sp³-hybridized carbons (Fsp3) is 0.200. The maximum Gasteiger partial charge on any atom is 0.0853 e. The van der Waals surface area contributed by atoms with Crippen LogP contribution in [0.15, 0.2) is 58.8 Å². The Balaban J connectivity index is 1.96. The Kier molecular flexibility index (Phi) is 4.90. The molecule has 0 aliphatic carbocycles. The number of azo groups is 1. The minimum absolute atomic E-state index is 0.611. The van der Waals surface area contributed by atoms with Gasteiger partial charge in [0.2, 0.25) is 0 Å². The van der Waals surface area contributed by atoms with E-state index in [4.69, 9.17) is 0 Å². The smallest absolute Gasteiger partial charge is 0.0853 e. The monoisotopic (exact) mass is 365 g/mol. The van der Waals surface area contributed by atoms with E-state index >= 15 is 0 Å². The van der Waals surface area contributed by atoms with Crippen molar-refractivity contribution in [2.24, 2.45) is 10.2 Å². The van der Waals surface area contributed by atoms with Crippen molar-refractivity contribution in [2.45, 2.75) is 6.54 Å². The molecule has 0 aliphatic rings. The summed E-state index contributed by atoms with van der Waals surface area (Å²) >= 11 is 2.28. The fourth-order valence-electron chi connectivity index (χ4n) is 1.61. The first-order valence-electron chi connectivity index (χ1n) is 6.04. The van der Waals surface area contributed by atoms with Gasteiger partial charge in [-0.15, -0.1) is 0 Å². The molecule has 0 saturated heterocycles. The molecule has 0 aromatic heterocycles. The van der Waals surface area contributed by atoms with Crippen LogP contribution in [0.2, 0.25) is 0 Å². The van der Waals surface area contributed by atoms with Gasteiger partial charge in [0.15, 0.2) is 0 Å². The van der Waals surface area contributed by atoms with Crippen molar-refractivity contribution in [3.05, 3.63) is 57.7 Å². The zero-order chi connectivity index (χ0) is 13.7. The van der Waals surface area contributed by atoms with Crippen LogP contribution < -0.4 is 4.90 Å². The van der Waals surface area contributed by atoms with Crippen molar-refractivity contribution in [2.75, 3.05) is 19.0 Å². The number of hydrogen-bond acceptors (Lipinski definition) is 3. The molecule has 0 aliphatic heterocycles. The third-order valence-electron chi connectivity index (χ3n) is 2.72. The van der Waals surface area contributed by atoms with Crippen molar-refractivity contribution >= 4 is 34.0 Å². The Hall–Kier alpha value is -1.43. The summed E-state index contributed by atoms with van der Waals surface area (Å²) in [4.78, 5) is 2.08. The molecule has 3 nitrogen and oxygen atoms in total. The highest BCUT2D eigenvalue weighted by Crippen LogP contribution is 2.16. The zero-order valence-corrected chi connectivity index (χ0v) is 13.2. The first-order chi connectivity index (χ1) is 9.15. The van der Waals surface area contributed by atoms with E-state index in [0.717, 1.165) is 5.69 Å². The second kappa shape index (κ2) is 6.65. The lowest BCUT2D eigenvalue weighted by Crippen LogP contribution is -2.08. The quantitative estimate of drug-likeness (QED) is 0.573. The Bertz CT molecular complexity index is 545. The molecule has 19 heavy (non-hydrogen) atoms. The molecule has 2 aromatic carbocycles. The summed E-state index contributed by atoms with van der Waals surface area (Å²) in [5.41, 5.74) is 3.25. The summed E-state index contributed by atoms with van der Waals surface area (Å²) < 4.78 is 1.20. The molecule has 0 heterocycles. The molecule has 0 fully saturated rings. The van der Waals surface area contributed by atoms with Gasteiger partial charge in [0.05, 0.1) is 12.2 Å². The van der Waals surface area contributed by atoms with Crippen molar-refractivity contribution in [3.63, 3.8) is 0 Å². The lowest BCUT2D eigenvalue weighted by molar-refractivity contribution is 0.958. The van der Waals surface area contributed by atoms with Gasteiger partial charge in [-0.25, -0.2) is 0 Å². The minimum atomic E-state index is 0.611. The average Bonchev–Trinajstić information content (AvgIpc) is 2.41. The topological polar surface area (TPSA) is 28.0 Å². The van der Waals surface area contributed by atoms with Gasteiger partial charge >= 0.3 is 0 Å². The molecule has 0 unspecified atom stereocenters. The van der Waals surface area contributed by atoms with Crippen LogP contribution in [0.5, 0.6) is 0 Å². The zero-order valence-electron chi connectivity index (χ0n) is 11.0. The molecule has 0 bridgehead atoms. The van der Waals surface area contributed by atoms with E-state index in [-0.39, 0.29) is 0 Å². The van der Waals surface area contributed by atoms with Gasteiger partial charge in [0.25, 0.3) is 0 Å². The van der Waals surface area contributed by atoms with Gasteiger partial charge in [-0.05, 0) is 64.6 Å². The van der Waals surface area contributed by atoms with Crippen molar-refractivity contribution in [3.8, 4) is 0 Å². The van der Waals surface area contributed by atoms with Gasteiger partial charge in [-0.1, -0.05) is 12.1 Å². The van der Waals surface area contributed by atoms with E-state index in [1.165, 1.54) is 14.8 Å². The van der Waals surface area contributed by atoms with Crippen LogP contribution in [-0.4, -0.2) is 14.1 Å². The molecule has 0 saturated carbocycles. The van der Waals surface area contributed by atoms with Crippen LogP contribution in [0.4, 0.5) is 11.4 Å². The Labute approximate surface area is 127 Å². The largest absolute Gasteiger partial charge is 0.378 e. The van der Waals surface area contributed by atoms with E-state index in [2.05, 4.69) is 62.0 Å². The van der Waals surface area contributed by atoms with Crippen LogP contribution >= 0.6 is 22.6 Å². The second-order valence-corrected chi connectivity index (χ2v) is 5.68. The number of halogens is 1. The third kappa shape index (κ3) is 4.31. The van der Waals surface area contributed by atoms with Gasteiger partial charge in [0, 0.05) is 23.4 Å². The van der Waals surface area contributed by atoms with Crippen molar-refractivity contribution in [1.82, 2.24) is 0 Å². The summed E-state index contributed by atoms with van der Waals surface area (Å²) in [7, 11) is 4.07. The van der Waals surface area contributed by atoms with E-state index < -0.39 is 0 Å². The number of anilines is 1. The maximum atomic E-state index is 4.22. The molecule has 2 aromatic rings. The Morgan fingerprint density at radius 1 is 0.947 bits per heavy atom. The fourth-order valence-corrected chi connectivity index (χ4v) is 1.97. The summed E-state index contributed by atoms with van der Waals surface area (Å²) in [5.74, 6) is 0. The molecule has 0 amide bonds. The predicted octanol–water partition coefficient (Wildman–Crippen LogP) is 4.64. The lowest BCUT2D eigenvalue weighted by atomic mass is 10.2. The third-order valence-corrected chi connectivity index (χ3v) is 3.44. The van der Waals surface area contributed by atoms with E-state index in [1.54, 1.807) is 0 Å². The molecule has 0 radical (unpaired) electrons. The van der Waals surface area contributed by atoms with Crippen LogP contribution in [0.25, 0.3) is 0 Å². The summed E-state index contributed by atoms with van der Waals surface area (Å²) in [6.07, 6.45) is 0.